The number of hydrogen-bond acceptors (Lipinski definition) is 3. The predicted molar refractivity (Wildman–Crippen MR) is 62.6 cm³/mol. The van der Waals surface area contributed by atoms with E-state index in [0.717, 1.165) is 19.3 Å². The highest BCUT2D eigenvalue weighted by Crippen LogP contribution is 2.30. The van der Waals surface area contributed by atoms with Crippen LogP contribution in [0.1, 0.15) is 29.6 Å². The SMILES string of the molecule is COc1ccc(F)cc1C(=O)C1CCCC1N. The lowest BCUT2D eigenvalue weighted by Gasteiger charge is -2.15. The van der Waals surface area contributed by atoms with Crippen LogP contribution in [0.5, 0.6) is 5.75 Å². The highest BCUT2D eigenvalue weighted by atomic mass is 19.1. The molecule has 1 aliphatic rings. The number of benzene rings is 1. The zero-order chi connectivity index (χ0) is 12.4. The Labute approximate surface area is 99.8 Å². The molecule has 2 atom stereocenters. The second kappa shape index (κ2) is 4.84. The van der Waals surface area contributed by atoms with Gasteiger partial charge < -0.3 is 10.5 Å². The van der Waals surface area contributed by atoms with Gasteiger partial charge >= 0.3 is 0 Å². The summed E-state index contributed by atoms with van der Waals surface area (Å²) in [4.78, 5) is 12.3. The summed E-state index contributed by atoms with van der Waals surface area (Å²) in [6.07, 6.45) is 2.59. The van der Waals surface area contributed by atoms with Crippen molar-refractivity contribution in [1.82, 2.24) is 0 Å². The highest BCUT2D eigenvalue weighted by molar-refractivity contribution is 6.00. The number of hydrogen-bond donors (Lipinski definition) is 1. The first kappa shape index (κ1) is 12.0. The standard InChI is InChI=1S/C13H16FNO2/c1-17-12-6-5-8(14)7-10(12)13(16)9-3-2-4-11(9)15/h5-7,9,11H,2-4,15H2,1H3. The van der Waals surface area contributed by atoms with Crippen LogP contribution >= 0.6 is 0 Å². The Kier molecular flexibility index (Phi) is 3.43. The molecule has 1 aliphatic carbocycles. The average molecular weight is 237 g/mol. The monoisotopic (exact) mass is 237 g/mol. The number of carbonyl (C=O) groups excluding carboxylic acids is 1. The Hall–Kier alpha value is -1.42. The lowest BCUT2D eigenvalue weighted by Crippen LogP contribution is -2.30. The molecule has 0 saturated heterocycles. The Balaban J connectivity index is 2.32. The van der Waals surface area contributed by atoms with Crippen LogP contribution in [-0.2, 0) is 0 Å². The van der Waals surface area contributed by atoms with Gasteiger partial charge in [0.05, 0.1) is 12.7 Å². The molecule has 1 fully saturated rings. The van der Waals surface area contributed by atoms with Gasteiger partial charge in [0.25, 0.3) is 0 Å². The summed E-state index contributed by atoms with van der Waals surface area (Å²) in [6.45, 7) is 0. The number of methoxy groups -OCH3 is 1. The largest absolute Gasteiger partial charge is 0.496 e. The van der Waals surface area contributed by atoms with Crippen molar-refractivity contribution in [3.05, 3.63) is 29.6 Å². The number of rotatable bonds is 3. The summed E-state index contributed by atoms with van der Waals surface area (Å²) in [5.74, 6) is -0.326. The van der Waals surface area contributed by atoms with Crippen molar-refractivity contribution in [3.63, 3.8) is 0 Å². The van der Waals surface area contributed by atoms with Crippen LogP contribution in [0.4, 0.5) is 4.39 Å². The summed E-state index contributed by atoms with van der Waals surface area (Å²) in [5, 5.41) is 0. The summed E-state index contributed by atoms with van der Waals surface area (Å²) in [7, 11) is 1.47. The summed E-state index contributed by atoms with van der Waals surface area (Å²) < 4.78 is 18.3. The molecule has 4 heteroatoms. The molecule has 0 heterocycles. The van der Waals surface area contributed by atoms with E-state index in [-0.39, 0.29) is 17.7 Å². The molecule has 0 bridgehead atoms. The van der Waals surface area contributed by atoms with Gasteiger partial charge in [-0.3, -0.25) is 4.79 Å². The molecule has 1 saturated carbocycles. The molecule has 0 radical (unpaired) electrons. The lowest BCUT2D eigenvalue weighted by atomic mass is 9.93. The molecule has 0 aromatic heterocycles. The summed E-state index contributed by atoms with van der Waals surface area (Å²) in [6, 6.07) is 3.87. The third-order valence-corrected chi connectivity index (χ3v) is 3.33. The molecular formula is C13H16FNO2. The second-order valence-electron chi connectivity index (χ2n) is 4.41. The van der Waals surface area contributed by atoms with Crippen molar-refractivity contribution in [3.8, 4) is 5.75 Å². The van der Waals surface area contributed by atoms with E-state index in [1.54, 1.807) is 0 Å². The minimum atomic E-state index is -0.430. The highest BCUT2D eigenvalue weighted by Gasteiger charge is 2.32. The number of halogens is 1. The van der Waals surface area contributed by atoms with Crippen molar-refractivity contribution in [2.75, 3.05) is 7.11 Å². The third-order valence-electron chi connectivity index (χ3n) is 3.33. The fourth-order valence-corrected chi connectivity index (χ4v) is 2.39. The molecule has 1 aromatic carbocycles. The van der Waals surface area contributed by atoms with E-state index >= 15 is 0 Å². The zero-order valence-electron chi connectivity index (χ0n) is 9.78. The fourth-order valence-electron chi connectivity index (χ4n) is 2.39. The minimum absolute atomic E-state index is 0.105. The van der Waals surface area contributed by atoms with Crippen molar-refractivity contribution in [2.24, 2.45) is 11.7 Å². The Morgan fingerprint density at radius 1 is 1.47 bits per heavy atom. The van der Waals surface area contributed by atoms with Crippen LogP contribution < -0.4 is 10.5 Å². The Morgan fingerprint density at radius 3 is 2.82 bits per heavy atom. The topological polar surface area (TPSA) is 52.3 Å². The number of carbonyl (C=O) groups is 1. The minimum Gasteiger partial charge on any atom is -0.496 e. The molecule has 2 rings (SSSR count). The Bertz CT molecular complexity index is 433. The molecule has 17 heavy (non-hydrogen) atoms. The van der Waals surface area contributed by atoms with Crippen LogP contribution in [0, 0.1) is 11.7 Å². The van der Waals surface area contributed by atoms with Gasteiger partial charge in [-0.15, -0.1) is 0 Å². The predicted octanol–water partition coefficient (Wildman–Crippen LogP) is 2.14. The summed E-state index contributed by atoms with van der Waals surface area (Å²) in [5.41, 5.74) is 6.19. The lowest BCUT2D eigenvalue weighted by molar-refractivity contribution is 0.0910. The summed E-state index contributed by atoms with van der Waals surface area (Å²) >= 11 is 0. The quantitative estimate of drug-likeness (QED) is 0.819. The molecule has 0 aliphatic heterocycles. The van der Waals surface area contributed by atoms with E-state index in [2.05, 4.69) is 0 Å². The van der Waals surface area contributed by atoms with Crippen LogP contribution in [0.25, 0.3) is 0 Å². The normalized spacial score (nSPS) is 23.7. The van der Waals surface area contributed by atoms with Crippen LogP contribution in [0.3, 0.4) is 0 Å². The number of Topliss-reactive ketones (excluding diaryl/α,β-unsaturated/α-hetero) is 1. The maximum Gasteiger partial charge on any atom is 0.171 e. The molecule has 0 spiro atoms. The zero-order valence-corrected chi connectivity index (χ0v) is 9.78. The first-order valence-corrected chi connectivity index (χ1v) is 5.77. The number of ketones is 1. The fraction of sp³-hybridized carbons (Fsp3) is 0.462. The van der Waals surface area contributed by atoms with Gasteiger partial charge in [-0.2, -0.15) is 0 Å². The third kappa shape index (κ3) is 2.31. The van der Waals surface area contributed by atoms with Gasteiger partial charge in [-0.05, 0) is 31.0 Å². The van der Waals surface area contributed by atoms with E-state index in [4.69, 9.17) is 10.5 Å². The molecule has 92 valence electrons. The maximum absolute atomic E-state index is 13.2. The maximum atomic E-state index is 13.2. The average Bonchev–Trinajstić information content (AvgIpc) is 2.74. The van der Waals surface area contributed by atoms with Gasteiger partial charge in [-0.1, -0.05) is 6.42 Å². The van der Waals surface area contributed by atoms with Crippen LogP contribution in [-0.4, -0.2) is 18.9 Å². The van der Waals surface area contributed by atoms with Gasteiger partial charge in [0, 0.05) is 12.0 Å². The molecule has 1 aromatic rings. The van der Waals surface area contributed by atoms with Crippen molar-refractivity contribution in [1.29, 1.82) is 0 Å². The van der Waals surface area contributed by atoms with E-state index < -0.39 is 5.82 Å². The van der Waals surface area contributed by atoms with E-state index in [1.165, 1.54) is 25.3 Å². The van der Waals surface area contributed by atoms with Gasteiger partial charge in [0.2, 0.25) is 0 Å². The van der Waals surface area contributed by atoms with Crippen molar-refractivity contribution < 1.29 is 13.9 Å². The molecule has 2 unspecified atom stereocenters. The van der Waals surface area contributed by atoms with E-state index in [0.29, 0.717) is 11.3 Å². The molecule has 3 nitrogen and oxygen atoms in total. The van der Waals surface area contributed by atoms with E-state index in [9.17, 15) is 9.18 Å². The second-order valence-corrected chi connectivity index (χ2v) is 4.41. The smallest absolute Gasteiger partial charge is 0.171 e. The van der Waals surface area contributed by atoms with Crippen molar-refractivity contribution >= 4 is 5.78 Å². The molecular weight excluding hydrogens is 221 g/mol. The first-order valence-electron chi connectivity index (χ1n) is 5.77. The first-order chi connectivity index (χ1) is 8.13. The van der Waals surface area contributed by atoms with Gasteiger partial charge in [-0.25, -0.2) is 4.39 Å². The molecule has 0 amide bonds. The van der Waals surface area contributed by atoms with Gasteiger partial charge in [0.15, 0.2) is 5.78 Å². The number of ether oxygens (including phenoxy) is 1. The van der Waals surface area contributed by atoms with Crippen LogP contribution in [0.2, 0.25) is 0 Å². The number of nitrogens with two attached hydrogens (primary N) is 1. The van der Waals surface area contributed by atoms with Gasteiger partial charge in [0.1, 0.15) is 11.6 Å². The van der Waals surface area contributed by atoms with E-state index in [1.807, 2.05) is 0 Å². The van der Waals surface area contributed by atoms with Crippen LogP contribution in [0.15, 0.2) is 18.2 Å². The molecule has 2 N–H and O–H groups in total. The Morgan fingerprint density at radius 2 is 2.24 bits per heavy atom. The van der Waals surface area contributed by atoms with Crippen molar-refractivity contribution in [2.45, 2.75) is 25.3 Å².